The number of hydrogen-bond donors (Lipinski definition) is 0. The van der Waals surface area contributed by atoms with Crippen molar-refractivity contribution in [2.75, 3.05) is 49.5 Å². The molecular weight excluding hydrogens is 395 g/mol. The monoisotopic (exact) mass is 423 g/mol. The molecule has 1 aliphatic heterocycles. The first-order valence-corrected chi connectivity index (χ1v) is 12.0. The van der Waals surface area contributed by atoms with Gasteiger partial charge in [0.2, 0.25) is 5.43 Å². The Morgan fingerprint density at radius 1 is 1.24 bits per heavy atom. The molecule has 8 heteroatoms. The number of carbonyl (C=O) groups is 1. The Morgan fingerprint density at radius 2 is 1.97 bits per heavy atom. The molecule has 29 heavy (non-hydrogen) atoms. The quantitative estimate of drug-likeness (QED) is 0.371. The lowest BCUT2D eigenvalue weighted by Crippen LogP contribution is -2.23. The zero-order valence-electron chi connectivity index (χ0n) is 17.2. The minimum atomic E-state index is -0.708. The predicted octanol–water partition coefficient (Wildman–Crippen LogP) is 2.77. The van der Waals surface area contributed by atoms with E-state index in [1.54, 1.807) is 17.6 Å². The number of esters is 1. The van der Waals surface area contributed by atoms with E-state index in [0.29, 0.717) is 17.8 Å². The molecule has 1 aromatic carbocycles. The molecule has 158 valence electrons. The van der Waals surface area contributed by atoms with Crippen molar-refractivity contribution in [1.82, 2.24) is 4.57 Å². The number of carbonyl (C=O) groups excluding carboxylic acids is 1. The summed E-state index contributed by atoms with van der Waals surface area (Å²) in [5.74, 6) is -0.233. The van der Waals surface area contributed by atoms with Gasteiger partial charge in [0.1, 0.15) is 23.9 Å². The van der Waals surface area contributed by atoms with Crippen molar-refractivity contribution in [1.29, 1.82) is 0 Å². The van der Waals surface area contributed by atoms with E-state index in [4.69, 9.17) is 9.47 Å². The van der Waals surface area contributed by atoms with Crippen LogP contribution in [0, 0.1) is 5.82 Å². The van der Waals surface area contributed by atoms with Crippen molar-refractivity contribution in [2.24, 2.45) is 0 Å². The first kappa shape index (κ1) is 21.6. The molecule has 3 rings (SSSR count). The molecule has 2 heterocycles. The fourth-order valence-corrected chi connectivity index (χ4v) is 3.90. The van der Waals surface area contributed by atoms with E-state index >= 15 is 0 Å². The number of pyridine rings is 1. The summed E-state index contributed by atoms with van der Waals surface area (Å²) in [6.45, 7) is 4.16. The van der Waals surface area contributed by atoms with Gasteiger partial charge >= 0.3 is 5.97 Å². The zero-order chi connectivity index (χ0) is 21.0. The van der Waals surface area contributed by atoms with Crippen molar-refractivity contribution < 1.29 is 18.7 Å². The molecule has 1 aromatic heterocycles. The number of halogens is 1. The van der Waals surface area contributed by atoms with Crippen LogP contribution in [0.2, 0.25) is 0 Å². The summed E-state index contributed by atoms with van der Waals surface area (Å²) in [5, 5.41) is 0.158. The lowest BCUT2D eigenvalue weighted by molar-refractivity contribution is 0.0521. The van der Waals surface area contributed by atoms with Gasteiger partial charge in [-0.25, -0.2) is 9.18 Å². The van der Waals surface area contributed by atoms with Crippen molar-refractivity contribution in [2.45, 2.75) is 26.5 Å². The third kappa shape index (κ3) is 4.93. The zero-order valence-corrected chi connectivity index (χ0v) is 18.0. The number of rotatable bonds is 8. The van der Waals surface area contributed by atoms with Crippen LogP contribution in [-0.2, 0) is 27.1 Å². The van der Waals surface area contributed by atoms with Gasteiger partial charge in [0.25, 0.3) is 0 Å². The number of hydrogen-bond acceptors (Lipinski definition) is 5. The van der Waals surface area contributed by atoms with Crippen LogP contribution < -0.4 is 10.3 Å². The van der Waals surface area contributed by atoms with Gasteiger partial charge in [-0.3, -0.25) is 4.79 Å². The van der Waals surface area contributed by atoms with Gasteiger partial charge < -0.3 is 18.9 Å². The average molecular weight is 424 g/mol. The molecule has 2 aromatic rings. The molecule has 1 aliphatic rings. The van der Waals surface area contributed by atoms with E-state index in [2.05, 4.69) is 12.5 Å². The summed E-state index contributed by atoms with van der Waals surface area (Å²) in [5.41, 5.74) is 0.404. The highest BCUT2D eigenvalue weighted by Crippen LogP contribution is 2.28. The smallest absolute Gasteiger partial charge is 0.343 e. The van der Waals surface area contributed by atoms with Crippen LogP contribution >= 0.6 is 0 Å². The standard InChI is InChI=1S/C21H28FN2O4S/c1-4-28-21(26)16-13-24(14-27-9-10-29(2)3)18-12-19(23-7-5-6-8-23)17(22)11-15(18)20(16)25/h11-13H,4-10,14H2,1-3H3/q+1. The van der Waals surface area contributed by atoms with Gasteiger partial charge in [-0.1, -0.05) is 0 Å². The van der Waals surface area contributed by atoms with Crippen molar-refractivity contribution >= 4 is 33.5 Å². The maximum atomic E-state index is 14.8. The lowest BCUT2D eigenvalue weighted by atomic mass is 10.1. The summed E-state index contributed by atoms with van der Waals surface area (Å²) in [6, 6.07) is 2.93. The van der Waals surface area contributed by atoms with Crippen molar-refractivity contribution in [3.8, 4) is 0 Å². The summed E-state index contributed by atoms with van der Waals surface area (Å²) in [4.78, 5) is 27.1. The highest BCUT2D eigenvalue weighted by Gasteiger charge is 2.22. The SMILES string of the molecule is CCOC(=O)c1cn(COCC[S+](C)C)c2cc(N3CCCC3)c(F)cc2c1=O. The fourth-order valence-electron chi connectivity index (χ4n) is 3.45. The second-order valence-corrected chi connectivity index (χ2v) is 9.68. The van der Waals surface area contributed by atoms with Gasteiger partial charge in [-0.05, 0) is 42.8 Å². The average Bonchev–Trinajstić information content (AvgIpc) is 3.21. The highest BCUT2D eigenvalue weighted by atomic mass is 32.2. The first-order valence-electron chi connectivity index (χ1n) is 9.83. The number of benzene rings is 1. The molecule has 0 unspecified atom stereocenters. The van der Waals surface area contributed by atoms with Crippen LogP contribution in [0.15, 0.2) is 23.1 Å². The topological polar surface area (TPSA) is 60.8 Å². The van der Waals surface area contributed by atoms with Crippen LogP contribution in [0.5, 0.6) is 0 Å². The Hall–Kier alpha value is -2.06. The minimum Gasteiger partial charge on any atom is -0.462 e. The summed E-state index contributed by atoms with van der Waals surface area (Å²) >= 11 is 0. The van der Waals surface area contributed by atoms with Crippen LogP contribution in [0.1, 0.15) is 30.1 Å². The highest BCUT2D eigenvalue weighted by molar-refractivity contribution is 7.95. The predicted molar refractivity (Wildman–Crippen MR) is 116 cm³/mol. The van der Waals surface area contributed by atoms with Crippen LogP contribution in [0.4, 0.5) is 10.1 Å². The Kier molecular flexibility index (Phi) is 7.18. The van der Waals surface area contributed by atoms with E-state index < -0.39 is 17.2 Å². The second kappa shape index (κ2) is 9.63. The van der Waals surface area contributed by atoms with E-state index in [1.165, 1.54) is 12.3 Å². The van der Waals surface area contributed by atoms with Crippen LogP contribution in [0.3, 0.4) is 0 Å². The van der Waals surface area contributed by atoms with Gasteiger partial charge in [0.15, 0.2) is 0 Å². The molecule has 0 amide bonds. The molecule has 0 bridgehead atoms. The fraction of sp³-hybridized carbons (Fsp3) is 0.524. The molecule has 0 spiro atoms. The number of anilines is 1. The van der Waals surface area contributed by atoms with Gasteiger partial charge in [0, 0.05) is 24.7 Å². The third-order valence-corrected chi connectivity index (χ3v) is 5.94. The Morgan fingerprint density at radius 3 is 2.62 bits per heavy atom. The Labute approximate surface area is 172 Å². The summed E-state index contributed by atoms with van der Waals surface area (Å²) < 4.78 is 27.3. The van der Waals surface area contributed by atoms with E-state index in [9.17, 15) is 14.0 Å². The second-order valence-electron chi connectivity index (χ2n) is 7.30. The van der Waals surface area contributed by atoms with Gasteiger partial charge in [-0.15, -0.1) is 0 Å². The minimum absolute atomic E-state index is 0.109. The number of aromatic nitrogens is 1. The molecule has 6 nitrogen and oxygen atoms in total. The Balaban J connectivity index is 2.06. The number of fused-ring (bicyclic) bond motifs is 1. The summed E-state index contributed by atoms with van der Waals surface area (Å²) in [7, 11) is 0.258. The van der Waals surface area contributed by atoms with Crippen LogP contribution in [-0.4, -0.2) is 55.1 Å². The maximum Gasteiger partial charge on any atom is 0.343 e. The molecular formula is C21H28FN2O4S+. The van der Waals surface area contributed by atoms with Crippen molar-refractivity contribution in [3.05, 3.63) is 39.9 Å². The number of ether oxygens (including phenoxy) is 2. The lowest BCUT2D eigenvalue weighted by Gasteiger charge is -2.20. The molecule has 0 saturated carbocycles. The molecule has 1 saturated heterocycles. The third-order valence-electron chi connectivity index (χ3n) is 4.96. The molecule has 0 radical (unpaired) electrons. The number of nitrogens with zero attached hydrogens (tertiary/aromatic N) is 2. The Bertz CT molecular complexity index is 938. The van der Waals surface area contributed by atoms with E-state index in [-0.39, 0.29) is 35.2 Å². The van der Waals surface area contributed by atoms with Gasteiger partial charge in [0.05, 0.1) is 36.9 Å². The van der Waals surface area contributed by atoms with Gasteiger partial charge in [-0.2, -0.15) is 0 Å². The largest absolute Gasteiger partial charge is 0.462 e. The van der Waals surface area contributed by atoms with Crippen LogP contribution in [0.25, 0.3) is 10.9 Å². The molecule has 0 N–H and O–H groups in total. The molecule has 0 atom stereocenters. The molecule has 1 fully saturated rings. The molecule has 0 aliphatic carbocycles. The maximum absolute atomic E-state index is 14.8. The van der Waals surface area contributed by atoms with Crippen molar-refractivity contribution in [3.63, 3.8) is 0 Å². The first-order chi connectivity index (χ1) is 13.9. The van der Waals surface area contributed by atoms with E-state index in [0.717, 1.165) is 31.7 Å². The normalized spacial score (nSPS) is 14.2. The summed E-state index contributed by atoms with van der Waals surface area (Å²) in [6.07, 6.45) is 7.78. The van der Waals surface area contributed by atoms with E-state index in [1.807, 2.05) is 4.90 Å².